The predicted molar refractivity (Wildman–Crippen MR) is 78.9 cm³/mol. The summed E-state index contributed by atoms with van der Waals surface area (Å²) in [7, 11) is 0. The summed E-state index contributed by atoms with van der Waals surface area (Å²) >= 11 is 0. The number of aromatic amines is 1. The van der Waals surface area contributed by atoms with Gasteiger partial charge in [-0.3, -0.25) is 4.98 Å². The number of nitrogens with one attached hydrogen (secondary N) is 2. The van der Waals surface area contributed by atoms with Gasteiger partial charge < -0.3 is 5.32 Å². The average Bonchev–Trinajstić information content (AvgIpc) is 2.95. The standard InChI is InChI=1S/C15H11N5/c1-2-10-9-16-7-6-12(10)13(3-1)17-11-4-5-14-15(8-11)19-20-18-14/h1-9,17H,(H,18,19,20). The van der Waals surface area contributed by atoms with Crippen LogP contribution in [0.3, 0.4) is 0 Å². The minimum absolute atomic E-state index is 0.844. The molecule has 0 aliphatic heterocycles. The van der Waals surface area contributed by atoms with Gasteiger partial charge in [0, 0.05) is 34.5 Å². The minimum Gasteiger partial charge on any atom is -0.355 e. The maximum absolute atomic E-state index is 4.14. The Morgan fingerprint density at radius 1 is 0.950 bits per heavy atom. The first-order valence-corrected chi connectivity index (χ1v) is 6.30. The molecule has 0 fully saturated rings. The average molecular weight is 261 g/mol. The number of anilines is 2. The number of H-pyrrole nitrogens is 1. The first kappa shape index (κ1) is 10.9. The molecule has 0 aliphatic rings. The van der Waals surface area contributed by atoms with Crippen LogP contribution in [0.1, 0.15) is 0 Å². The zero-order valence-electron chi connectivity index (χ0n) is 10.5. The molecule has 96 valence electrons. The van der Waals surface area contributed by atoms with Crippen molar-refractivity contribution in [2.75, 3.05) is 5.32 Å². The van der Waals surface area contributed by atoms with Crippen LogP contribution < -0.4 is 5.32 Å². The van der Waals surface area contributed by atoms with Crippen molar-refractivity contribution in [3.63, 3.8) is 0 Å². The van der Waals surface area contributed by atoms with Crippen molar-refractivity contribution >= 4 is 33.2 Å². The number of nitrogens with zero attached hydrogens (tertiary/aromatic N) is 3. The molecule has 0 unspecified atom stereocenters. The Morgan fingerprint density at radius 3 is 2.90 bits per heavy atom. The molecule has 0 amide bonds. The van der Waals surface area contributed by atoms with Crippen LogP contribution in [0.2, 0.25) is 0 Å². The van der Waals surface area contributed by atoms with Crippen LogP contribution in [0.15, 0.2) is 54.9 Å². The second-order valence-corrected chi connectivity index (χ2v) is 4.55. The predicted octanol–water partition coefficient (Wildman–Crippen LogP) is 3.25. The number of fused-ring (bicyclic) bond motifs is 2. The van der Waals surface area contributed by atoms with Crippen molar-refractivity contribution in [1.29, 1.82) is 0 Å². The van der Waals surface area contributed by atoms with E-state index in [0.29, 0.717) is 0 Å². The number of benzene rings is 2. The lowest BCUT2D eigenvalue weighted by atomic mass is 10.1. The number of pyridine rings is 1. The van der Waals surface area contributed by atoms with Gasteiger partial charge in [-0.15, -0.1) is 0 Å². The van der Waals surface area contributed by atoms with E-state index in [-0.39, 0.29) is 0 Å². The van der Waals surface area contributed by atoms with Crippen molar-refractivity contribution in [1.82, 2.24) is 20.4 Å². The topological polar surface area (TPSA) is 66.5 Å². The Hall–Kier alpha value is -2.95. The highest BCUT2D eigenvalue weighted by Gasteiger charge is 2.03. The van der Waals surface area contributed by atoms with Gasteiger partial charge in [-0.05, 0) is 30.3 Å². The summed E-state index contributed by atoms with van der Waals surface area (Å²) in [5, 5.41) is 16.4. The zero-order chi connectivity index (χ0) is 13.4. The van der Waals surface area contributed by atoms with Gasteiger partial charge in [-0.1, -0.05) is 12.1 Å². The Bertz CT molecular complexity index is 891. The van der Waals surface area contributed by atoms with Crippen LogP contribution in [-0.4, -0.2) is 20.4 Å². The fourth-order valence-corrected chi connectivity index (χ4v) is 2.31. The largest absolute Gasteiger partial charge is 0.355 e. The lowest BCUT2D eigenvalue weighted by Gasteiger charge is -2.09. The molecule has 0 spiro atoms. The van der Waals surface area contributed by atoms with Crippen LogP contribution in [-0.2, 0) is 0 Å². The summed E-state index contributed by atoms with van der Waals surface area (Å²) in [6, 6.07) is 14.0. The van der Waals surface area contributed by atoms with Gasteiger partial charge in [0.15, 0.2) is 0 Å². The normalized spacial score (nSPS) is 11.0. The summed E-state index contributed by atoms with van der Waals surface area (Å²) in [4.78, 5) is 4.14. The molecule has 0 atom stereocenters. The van der Waals surface area contributed by atoms with E-state index >= 15 is 0 Å². The van der Waals surface area contributed by atoms with Crippen molar-refractivity contribution in [3.8, 4) is 0 Å². The summed E-state index contributed by atoms with van der Waals surface area (Å²) in [5.74, 6) is 0. The number of rotatable bonds is 2. The molecule has 0 radical (unpaired) electrons. The lowest BCUT2D eigenvalue weighted by molar-refractivity contribution is 0.959. The molecule has 2 N–H and O–H groups in total. The van der Waals surface area contributed by atoms with Crippen molar-refractivity contribution < 1.29 is 0 Å². The molecule has 0 bridgehead atoms. The maximum atomic E-state index is 4.14. The molecule has 5 nitrogen and oxygen atoms in total. The molecule has 4 rings (SSSR count). The quantitative estimate of drug-likeness (QED) is 0.581. The summed E-state index contributed by atoms with van der Waals surface area (Å²) in [6.45, 7) is 0. The van der Waals surface area contributed by atoms with E-state index in [1.165, 1.54) is 0 Å². The van der Waals surface area contributed by atoms with Gasteiger partial charge in [0.25, 0.3) is 0 Å². The van der Waals surface area contributed by atoms with Gasteiger partial charge in [-0.2, -0.15) is 15.4 Å². The third-order valence-electron chi connectivity index (χ3n) is 3.28. The van der Waals surface area contributed by atoms with Gasteiger partial charge >= 0.3 is 0 Å². The van der Waals surface area contributed by atoms with E-state index < -0.39 is 0 Å². The highest BCUT2D eigenvalue weighted by molar-refractivity contribution is 5.95. The Kier molecular flexibility index (Phi) is 2.35. The van der Waals surface area contributed by atoms with Crippen LogP contribution in [0.4, 0.5) is 11.4 Å². The molecular formula is C15H11N5. The first-order chi connectivity index (χ1) is 9.90. The van der Waals surface area contributed by atoms with Crippen LogP contribution in [0, 0.1) is 0 Å². The highest BCUT2D eigenvalue weighted by atomic mass is 15.3. The van der Waals surface area contributed by atoms with Crippen molar-refractivity contribution in [3.05, 3.63) is 54.9 Å². The summed E-state index contributed by atoms with van der Waals surface area (Å²) in [6.07, 6.45) is 3.66. The Labute approximate surface area is 114 Å². The van der Waals surface area contributed by atoms with Crippen LogP contribution >= 0.6 is 0 Å². The van der Waals surface area contributed by atoms with E-state index in [1.54, 1.807) is 6.20 Å². The third-order valence-corrected chi connectivity index (χ3v) is 3.28. The van der Waals surface area contributed by atoms with E-state index in [0.717, 1.165) is 33.2 Å². The Morgan fingerprint density at radius 2 is 1.90 bits per heavy atom. The molecule has 2 aromatic carbocycles. The van der Waals surface area contributed by atoms with Gasteiger partial charge in [0.2, 0.25) is 0 Å². The fraction of sp³-hybridized carbons (Fsp3) is 0. The number of hydrogen-bond acceptors (Lipinski definition) is 4. The minimum atomic E-state index is 0.844. The number of hydrogen-bond donors (Lipinski definition) is 2. The van der Waals surface area contributed by atoms with Gasteiger partial charge in [-0.25, -0.2) is 0 Å². The molecule has 0 aliphatic carbocycles. The molecule has 2 heterocycles. The monoisotopic (exact) mass is 261 g/mol. The number of aromatic nitrogens is 4. The fourth-order valence-electron chi connectivity index (χ4n) is 2.31. The lowest BCUT2D eigenvalue weighted by Crippen LogP contribution is -1.91. The van der Waals surface area contributed by atoms with E-state index in [1.807, 2.05) is 42.6 Å². The van der Waals surface area contributed by atoms with Gasteiger partial charge in [0.1, 0.15) is 11.0 Å². The molecule has 5 heteroatoms. The molecular weight excluding hydrogens is 250 g/mol. The highest BCUT2D eigenvalue weighted by Crippen LogP contribution is 2.26. The molecule has 0 saturated heterocycles. The third kappa shape index (κ3) is 1.76. The van der Waals surface area contributed by atoms with Crippen LogP contribution in [0.25, 0.3) is 21.8 Å². The van der Waals surface area contributed by atoms with Crippen LogP contribution in [0.5, 0.6) is 0 Å². The van der Waals surface area contributed by atoms with Gasteiger partial charge in [0.05, 0.1) is 0 Å². The maximum Gasteiger partial charge on any atom is 0.115 e. The van der Waals surface area contributed by atoms with Crippen molar-refractivity contribution in [2.24, 2.45) is 0 Å². The molecule has 4 aromatic rings. The summed E-state index contributed by atoms with van der Waals surface area (Å²) in [5.41, 5.74) is 3.73. The van der Waals surface area contributed by atoms with E-state index in [9.17, 15) is 0 Å². The van der Waals surface area contributed by atoms with E-state index in [2.05, 4.69) is 31.8 Å². The van der Waals surface area contributed by atoms with E-state index in [4.69, 9.17) is 0 Å². The SMILES string of the molecule is c1cc(Nc2ccc3n[nH]nc3c2)c2ccncc2c1. The Balaban J connectivity index is 1.80. The molecule has 0 saturated carbocycles. The second kappa shape index (κ2) is 4.31. The summed E-state index contributed by atoms with van der Waals surface area (Å²) < 4.78 is 0. The van der Waals surface area contributed by atoms with Crippen molar-refractivity contribution in [2.45, 2.75) is 0 Å². The molecule has 2 aromatic heterocycles. The second-order valence-electron chi connectivity index (χ2n) is 4.55. The smallest absolute Gasteiger partial charge is 0.115 e. The zero-order valence-corrected chi connectivity index (χ0v) is 10.5. The first-order valence-electron chi connectivity index (χ1n) is 6.30. The molecule has 20 heavy (non-hydrogen) atoms.